The average molecular weight is 242 g/mol. The Morgan fingerprint density at radius 2 is 2.25 bits per heavy atom. The lowest BCUT2D eigenvalue weighted by Gasteiger charge is -2.25. The molecule has 0 atom stereocenters. The van der Waals surface area contributed by atoms with Crippen molar-refractivity contribution in [1.29, 1.82) is 0 Å². The van der Waals surface area contributed by atoms with Crippen LogP contribution in [0.25, 0.3) is 0 Å². The number of rotatable bonds is 5. The predicted octanol–water partition coefficient (Wildman–Crippen LogP) is 0.433. The van der Waals surface area contributed by atoms with Crippen LogP contribution in [0.4, 0.5) is 0 Å². The van der Waals surface area contributed by atoms with E-state index in [1.54, 1.807) is 6.26 Å². The van der Waals surface area contributed by atoms with E-state index in [4.69, 9.17) is 4.42 Å². The number of nitrogens with zero attached hydrogens (tertiary/aromatic N) is 1. The minimum Gasteiger partial charge on any atom is -0.468 e. The zero-order chi connectivity index (χ0) is 11.2. The van der Waals surface area contributed by atoms with Crippen molar-refractivity contribution in [2.24, 2.45) is 0 Å². The van der Waals surface area contributed by atoms with Gasteiger partial charge >= 0.3 is 0 Å². The van der Waals surface area contributed by atoms with Crippen LogP contribution in [0, 0.1) is 0 Å². The summed E-state index contributed by atoms with van der Waals surface area (Å²) in [6, 6.07) is 3.87. The summed E-state index contributed by atoms with van der Waals surface area (Å²) in [5, 5.41) is 3.34. The molecule has 0 saturated carbocycles. The van der Waals surface area contributed by atoms with Gasteiger partial charge in [0.15, 0.2) is 0 Å². The van der Waals surface area contributed by atoms with Gasteiger partial charge in [-0.1, -0.05) is 0 Å². The Hall–Kier alpha value is -0.650. The predicted molar refractivity (Wildman–Crippen MR) is 64.7 cm³/mol. The summed E-state index contributed by atoms with van der Waals surface area (Å²) in [4.78, 5) is 2.36. The van der Waals surface area contributed by atoms with Crippen molar-refractivity contribution in [3.63, 3.8) is 0 Å². The Kier molecular flexibility index (Phi) is 4.56. The molecule has 5 heteroatoms. The maximum atomic E-state index is 11.2. The summed E-state index contributed by atoms with van der Waals surface area (Å²) in [6.07, 6.45) is 1.69. The Balaban J connectivity index is 1.56. The Labute approximate surface area is 98.5 Å². The fraction of sp³-hybridized carbons (Fsp3) is 0.636. The van der Waals surface area contributed by atoms with Gasteiger partial charge in [-0.3, -0.25) is 4.21 Å². The highest BCUT2D eigenvalue weighted by molar-refractivity contribution is 7.85. The lowest BCUT2D eigenvalue weighted by molar-refractivity contribution is 0.296. The molecule has 1 aromatic heterocycles. The molecular weight excluding hydrogens is 224 g/mol. The van der Waals surface area contributed by atoms with Gasteiger partial charge in [-0.2, -0.15) is 0 Å². The summed E-state index contributed by atoms with van der Waals surface area (Å²) in [6.45, 7) is 4.70. The van der Waals surface area contributed by atoms with Crippen LogP contribution in [0.3, 0.4) is 0 Å². The molecule has 90 valence electrons. The van der Waals surface area contributed by atoms with Crippen LogP contribution in [0.2, 0.25) is 0 Å². The SMILES string of the molecule is O=S1CCN(CCNCc2ccco2)CC1. The Bertz CT molecular complexity index is 317. The smallest absolute Gasteiger partial charge is 0.117 e. The third-order valence-corrected chi connectivity index (χ3v) is 4.03. The van der Waals surface area contributed by atoms with E-state index in [0.717, 1.165) is 50.0 Å². The van der Waals surface area contributed by atoms with Gasteiger partial charge in [-0.25, -0.2) is 0 Å². The zero-order valence-corrected chi connectivity index (χ0v) is 10.2. The third-order valence-electron chi connectivity index (χ3n) is 2.75. The van der Waals surface area contributed by atoms with Gasteiger partial charge in [0.2, 0.25) is 0 Å². The number of hydrogen-bond donors (Lipinski definition) is 1. The molecule has 2 rings (SSSR count). The van der Waals surface area contributed by atoms with Crippen molar-refractivity contribution in [3.05, 3.63) is 24.2 Å². The van der Waals surface area contributed by atoms with Crippen molar-refractivity contribution in [3.8, 4) is 0 Å². The van der Waals surface area contributed by atoms with Crippen molar-refractivity contribution in [2.75, 3.05) is 37.7 Å². The molecule has 16 heavy (non-hydrogen) atoms. The first-order chi connectivity index (χ1) is 7.84. The largest absolute Gasteiger partial charge is 0.468 e. The summed E-state index contributed by atoms with van der Waals surface area (Å²) in [5.74, 6) is 2.64. The molecule has 1 N–H and O–H groups in total. The van der Waals surface area contributed by atoms with Gasteiger partial charge < -0.3 is 14.6 Å². The molecule has 1 aliphatic heterocycles. The van der Waals surface area contributed by atoms with E-state index < -0.39 is 10.8 Å². The minimum absolute atomic E-state index is 0.570. The normalized spacial score (nSPS) is 19.0. The molecule has 2 heterocycles. The molecule has 4 nitrogen and oxygen atoms in total. The van der Waals surface area contributed by atoms with Gasteiger partial charge in [-0.05, 0) is 12.1 Å². The third kappa shape index (κ3) is 3.73. The number of hydrogen-bond acceptors (Lipinski definition) is 4. The summed E-state index contributed by atoms with van der Waals surface area (Å²) in [7, 11) is -0.570. The molecule has 1 fully saturated rings. The van der Waals surface area contributed by atoms with E-state index in [1.165, 1.54) is 0 Å². The van der Waals surface area contributed by atoms with Gasteiger partial charge in [0, 0.05) is 48.5 Å². The van der Waals surface area contributed by atoms with E-state index >= 15 is 0 Å². The van der Waals surface area contributed by atoms with Crippen molar-refractivity contribution >= 4 is 10.8 Å². The molecule has 0 aromatic carbocycles. The van der Waals surface area contributed by atoms with Gasteiger partial charge in [-0.15, -0.1) is 0 Å². The number of nitrogens with one attached hydrogen (secondary N) is 1. The molecule has 1 aromatic rings. The van der Waals surface area contributed by atoms with Crippen molar-refractivity contribution < 1.29 is 8.63 Å². The van der Waals surface area contributed by atoms with Gasteiger partial charge in [0.1, 0.15) is 5.76 Å². The monoisotopic (exact) mass is 242 g/mol. The number of furan rings is 1. The topological polar surface area (TPSA) is 45.5 Å². The molecule has 0 amide bonds. The van der Waals surface area contributed by atoms with Crippen LogP contribution < -0.4 is 5.32 Å². The molecule has 0 radical (unpaired) electrons. The first kappa shape index (κ1) is 11.8. The van der Waals surface area contributed by atoms with Crippen LogP contribution in [0.1, 0.15) is 5.76 Å². The van der Waals surface area contributed by atoms with E-state index in [2.05, 4.69) is 10.2 Å². The Morgan fingerprint density at radius 3 is 2.94 bits per heavy atom. The van der Waals surface area contributed by atoms with Crippen LogP contribution in [-0.2, 0) is 17.3 Å². The highest BCUT2D eigenvalue weighted by atomic mass is 32.2. The van der Waals surface area contributed by atoms with E-state index in [0.29, 0.717) is 0 Å². The maximum absolute atomic E-state index is 11.2. The highest BCUT2D eigenvalue weighted by Gasteiger charge is 2.13. The van der Waals surface area contributed by atoms with Crippen LogP contribution in [0.5, 0.6) is 0 Å². The zero-order valence-electron chi connectivity index (χ0n) is 9.35. The highest BCUT2D eigenvalue weighted by Crippen LogP contribution is 2.00. The lowest BCUT2D eigenvalue weighted by atomic mass is 10.4. The van der Waals surface area contributed by atoms with Crippen molar-refractivity contribution in [1.82, 2.24) is 10.2 Å². The molecule has 1 saturated heterocycles. The first-order valence-corrected chi connectivity index (χ1v) is 7.14. The summed E-state index contributed by atoms with van der Waals surface area (Å²) >= 11 is 0. The second kappa shape index (κ2) is 6.18. The molecule has 0 aliphatic carbocycles. The fourth-order valence-corrected chi connectivity index (χ4v) is 2.89. The van der Waals surface area contributed by atoms with Crippen LogP contribution in [0.15, 0.2) is 22.8 Å². The Morgan fingerprint density at radius 1 is 1.44 bits per heavy atom. The second-order valence-corrected chi connectivity index (χ2v) is 5.64. The van der Waals surface area contributed by atoms with Crippen molar-refractivity contribution in [2.45, 2.75) is 6.54 Å². The van der Waals surface area contributed by atoms with E-state index in [1.807, 2.05) is 12.1 Å². The summed E-state index contributed by atoms with van der Waals surface area (Å²) < 4.78 is 16.4. The molecule has 0 bridgehead atoms. The lowest BCUT2D eigenvalue weighted by Crippen LogP contribution is -2.41. The molecule has 0 unspecified atom stereocenters. The standard InChI is InChI=1S/C11H18N2O2S/c14-16-8-5-13(6-9-16)4-3-12-10-11-2-1-7-15-11/h1-2,7,12H,3-6,8-10H2. The van der Waals surface area contributed by atoms with Crippen LogP contribution >= 0.6 is 0 Å². The average Bonchev–Trinajstić information content (AvgIpc) is 2.80. The molecule has 0 spiro atoms. The maximum Gasteiger partial charge on any atom is 0.117 e. The van der Waals surface area contributed by atoms with Crippen LogP contribution in [-0.4, -0.2) is 46.8 Å². The van der Waals surface area contributed by atoms with Gasteiger partial charge in [0.05, 0.1) is 12.8 Å². The minimum atomic E-state index is -0.570. The molecule has 1 aliphatic rings. The first-order valence-electron chi connectivity index (χ1n) is 5.65. The van der Waals surface area contributed by atoms with E-state index in [-0.39, 0.29) is 0 Å². The van der Waals surface area contributed by atoms with Gasteiger partial charge in [0.25, 0.3) is 0 Å². The quantitative estimate of drug-likeness (QED) is 0.761. The molecular formula is C11H18N2O2S. The fourth-order valence-electron chi connectivity index (χ4n) is 1.76. The summed E-state index contributed by atoms with van der Waals surface area (Å²) in [5.41, 5.74) is 0. The second-order valence-electron chi connectivity index (χ2n) is 3.95. The van der Waals surface area contributed by atoms with E-state index in [9.17, 15) is 4.21 Å².